The van der Waals surface area contributed by atoms with Crippen molar-refractivity contribution in [3.63, 3.8) is 0 Å². The minimum Gasteiger partial charge on any atom is -0.394 e. The van der Waals surface area contributed by atoms with Crippen molar-refractivity contribution in [1.29, 1.82) is 0 Å². The van der Waals surface area contributed by atoms with Gasteiger partial charge in [0.25, 0.3) is 0 Å². The Morgan fingerprint density at radius 3 is 0.776 bits per heavy atom. The molecule has 0 aromatic carbocycles. The average Bonchev–Trinajstić information content (AvgIpc) is 3.51. The summed E-state index contributed by atoms with van der Waals surface area (Å²) in [6, 6.07) is -0.629. The molecular formula is C81H145NO3. The second-order valence-electron chi connectivity index (χ2n) is 25.3. The summed E-state index contributed by atoms with van der Waals surface area (Å²) >= 11 is 0. The van der Waals surface area contributed by atoms with E-state index in [9.17, 15) is 15.0 Å². The second kappa shape index (κ2) is 75.3. The van der Waals surface area contributed by atoms with Crippen LogP contribution < -0.4 is 5.32 Å². The number of rotatable bonds is 69. The third kappa shape index (κ3) is 71.7. The fourth-order valence-electron chi connectivity index (χ4n) is 11.4. The van der Waals surface area contributed by atoms with E-state index in [2.05, 4.69) is 116 Å². The molecule has 0 heterocycles. The number of carbonyl (C=O) groups is 1. The van der Waals surface area contributed by atoms with Crippen LogP contribution in [0.1, 0.15) is 380 Å². The smallest absolute Gasteiger partial charge is 0.220 e. The van der Waals surface area contributed by atoms with Crippen molar-refractivity contribution in [2.24, 2.45) is 0 Å². The lowest BCUT2D eigenvalue weighted by Crippen LogP contribution is -2.45. The zero-order chi connectivity index (χ0) is 61.2. The Labute approximate surface area is 531 Å². The fourth-order valence-corrected chi connectivity index (χ4v) is 11.4. The van der Waals surface area contributed by atoms with Gasteiger partial charge in [-0.3, -0.25) is 4.79 Å². The number of aliphatic hydroxyl groups is 2. The minimum atomic E-state index is -0.846. The number of unbranched alkanes of at least 4 members (excludes halogenated alkanes) is 46. The summed E-state index contributed by atoms with van der Waals surface area (Å²) in [5.74, 6) is -0.0613. The molecule has 85 heavy (non-hydrogen) atoms. The van der Waals surface area contributed by atoms with Crippen LogP contribution in [0.3, 0.4) is 0 Å². The molecule has 3 N–H and O–H groups in total. The molecule has 0 aromatic heterocycles. The molecule has 4 nitrogen and oxygen atoms in total. The van der Waals surface area contributed by atoms with Crippen LogP contribution in [0, 0.1) is 0 Å². The Morgan fingerprint density at radius 1 is 0.294 bits per heavy atom. The van der Waals surface area contributed by atoms with Crippen molar-refractivity contribution in [2.75, 3.05) is 6.61 Å². The molecule has 2 atom stereocenters. The molecule has 1 amide bonds. The molecular weight excluding hydrogens is 1030 g/mol. The number of carbonyl (C=O) groups excluding carboxylic acids is 1. The van der Waals surface area contributed by atoms with Crippen LogP contribution in [0.15, 0.2) is 109 Å². The first-order chi connectivity index (χ1) is 42.2. The Morgan fingerprint density at radius 2 is 0.518 bits per heavy atom. The quantitative estimate of drug-likeness (QED) is 0.0420. The number of allylic oxidation sites excluding steroid dienone is 17. The largest absolute Gasteiger partial charge is 0.394 e. The predicted molar refractivity (Wildman–Crippen MR) is 382 cm³/mol. The van der Waals surface area contributed by atoms with E-state index in [1.165, 1.54) is 283 Å². The number of hydrogen-bond donors (Lipinski definition) is 3. The highest BCUT2D eigenvalue weighted by atomic mass is 16.3. The van der Waals surface area contributed by atoms with Crippen molar-refractivity contribution < 1.29 is 15.0 Å². The van der Waals surface area contributed by atoms with Crippen molar-refractivity contribution in [3.05, 3.63) is 109 Å². The first kappa shape index (κ1) is 82.0. The van der Waals surface area contributed by atoms with Gasteiger partial charge in [0.1, 0.15) is 0 Å². The summed E-state index contributed by atoms with van der Waals surface area (Å²) in [5.41, 5.74) is 0. The van der Waals surface area contributed by atoms with Crippen LogP contribution in [0.25, 0.3) is 0 Å². The van der Waals surface area contributed by atoms with Crippen LogP contribution in [0.2, 0.25) is 0 Å². The molecule has 0 saturated carbocycles. The number of amides is 1. The van der Waals surface area contributed by atoms with Crippen LogP contribution in [0.4, 0.5) is 0 Å². The lowest BCUT2D eigenvalue weighted by atomic mass is 10.0. The van der Waals surface area contributed by atoms with E-state index in [1.807, 2.05) is 6.08 Å². The average molecular weight is 1180 g/mol. The van der Waals surface area contributed by atoms with Gasteiger partial charge in [-0.1, -0.05) is 399 Å². The highest BCUT2D eigenvalue weighted by molar-refractivity contribution is 5.76. The predicted octanol–water partition coefficient (Wildman–Crippen LogP) is 26.1. The van der Waals surface area contributed by atoms with Crippen molar-refractivity contribution in [2.45, 2.75) is 392 Å². The van der Waals surface area contributed by atoms with Gasteiger partial charge in [-0.2, -0.15) is 0 Å². The Hall–Kier alpha value is -2.95. The maximum absolute atomic E-state index is 12.6. The van der Waals surface area contributed by atoms with E-state index >= 15 is 0 Å². The normalized spacial score (nSPS) is 13.3. The minimum absolute atomic E-state index is 0.0613. The zero-order valence-electron chi connectivity index (χ0n) is 56.9. The summed E-state index contributed by atoms with van der Waals surface area (Å²) in [6.07, 6.45) is 113. The van der Waals surface area contributed by atoms with Crippen LogP contribution >= 0.6 is 0 Å². The van der Waals surface area contributed by atoms with E-state index in [4.69, 9.17) is 0 Å². The third-order valence-electron chi connectivity index (χ3n) is 17.0. The molecule has 0 aromatic rings. The standard InChI is InChI=1S/C81H145NO3/c1-3-5-7-9-11-13-15-17-19-21-23-25-27-29-31-33-35-37-38-39-40-41-42-43-44-45-47-49-51-53-55-57-59-61-63-65-67-69-71-73-75-77-81(85)82-79(78-83)80(84)76-74-72-70-68-66-64-62-60-58-56-54-52-50-48-46-36-34-32-30-28-26-24-22-20-18-16-14-12-10-8-6-4-2/h5,7,11,13,17,19,23,25,29,31,35,37,39-40,42-43,74,76,79-80,83-84H,3-4,6,8-10,12,14-16,18,20-22,24,26-28,30,32-34,36,38,41,44-73,75,77-78H2,1-2H3,(H,82,85)/b7-5-,13-11-,19-17-,25-23-,31-29-,37-35-,40-39-,43-42-,76-74+. The third-order valence-corrected chi connectivity index (χ3v) is 17.0. The molecule has 0 bridgehead atoms. The first-order valence-corrected chi connectivity index (χ1v) is 37.6. The molecule has 0 saturated heterocycles. The molecule has 2 unspecified atom stereocenters. The van der Waals surface area contributed by atoms with Crippen molar-refractivity contribution >= 4 is 5.91 Å². The van der Waals surface area contributed by atoms with Gasteiger partial charge in [0, 0.05) is 6.42 Å². The molecule has 4 heteroatoms. The van der Waals surface area contributed by atoms with E-state index in [0.29, 0.717) is 6.42 Å². The van der Waals surface area contributed by atoms with Gasteiger partial charge in [0.15, 0.2) is 0 Å². The summed E-state index contributed by atoms with van der Waals surface area (Å²) in [7, 11) is 0. The van der Waals surface area contributed by atoms with Crippen LogP contribution in [-0.2, 0) is 4.79 Å². The van der Waals surface area contributed by atoms with Crippen molar-refractivity contribution in [3.8, 4) is 0 Å². The van der Waals surface area contributed by atoms with Gasteiger partial charge in [0.05, 0.1) is 18.8 Å². The summed E-state index contributed by atoms with van der Waals surface area (Å²) in [6.45, 7) is 4.23. The lowest BCUT2D eigenvalue weighted by Gasteiger charge is -2.20. The highest BCUT2D eigenvalue weighted by Gasteiger charge is 2.18. The summed E-state index contributed by atoms with van der Waals surface area (Å²) < 4.78 is 0. The number of hydrogen-bond acceptors (Lipinski definition) is 3. The van der Waals surface area contributed by atoms with Gasteiger partial charge in [-0.05, 0) is 83.5 Å². The molecule has 0 aliphatic heterocycles. The molecule has 0 rings (SSSR count). The molecule has 0 aliphatic carbocycles. The Bertz CT molecular complexity index is 1580. The highest BCUT2D eigenvalue weighted by Crippen LogP contribution is 2.19. The maximum atomic E-state index is 12.6. The van der Waals surface area contributed by atoms with Crippen LogP contribution in [-0.4, -0.2) is 34.9 Å². The van der Waals surface area contributed by atoms with Gasteiger partial charge >= 0.3 is 0 Å². The van der Waals surface area contributed by atoms with E-state index < -0.39 is 12.1 Å². The second-order valence-corrected chi connectivity index (χ2v) is 25.3. The van der Waals surface area contributed by atoms with Gasteiger partial charge in [-0.25, -0.2) is 0 Å². The van der Waals surface area contributed by atoms with E-state index in [1.54, 1.807) is 6.08 Å². The molecule has 492 valence electrons. The van der Waals surface area contributed by atoms with Crippen LogP contribution in [0.5, 0.6) is 0 Å². The van der Waals surface area contributed by atoms with E-state index in [0.717, 1.165) is 77.0 Å². The fraction of sp³-hybridized carbons (Fsp3) is 0.765. The van der Waals surface area contributed by atoms with Crippen molar-refractivity contribution in [1.82, 2.24) is 5.32 Å². The number of aliphatic hydroxyl groups excluding tert-OH is 2. The molecule has 0 radical (unpaired) electrons. The molecule has 0 aliphatic rings. The van der Waals surface area contributed by atoms with Gasteiger partial charge in [0.2, 0.25) is 5.91 Å². The van der Waals surface area contributed by atoms with Gasteiger partial charge in [-0.15, -0.1) is 0 Å². The SMILES string of the molecule is CC/C=C\C/C=C\C/C=C\C/C=C\C/C=C\C/C=C\C/C=C\C/C=C\CCCCCCCCCCCCCCCCCCC(=O)NC(CO)C(O)/C=C/CCCCCCCCCCCCCCCCCCCCCCCCCCCCCCCC. The first-order valence-electron chi connectivity index (χ1n) is 37.6. The van der Waals surface area contributed by atoms with E-state index in [-0.39, 0.29) is 12.5 Å². The topological polar surface area (TPSA) is 69.6 Å². The maximum Gasteiger partial charge on any atom is 0.220 e. The number of nitrogens with one attached hydrogen (secondary N) is 1. The lowest BCUT2D eigenvalue weighted by molar-refractivity contribution is -0.123. The zero-order valence-corrected chi connectivity index (χ0v) is 56.9. The molecule has 0 spiro atoms. The Balaban J connectivity index is 3.48. The monoisotopic (exact) mass is 1180 g/mol. The van der Waals surface area contributed by atoms with Gasteiger partial charge < -0.3 is 15.5 Å². The molecule has 0 fully saturated rings. The summed E-state index contributed by atoms with van der Waals surface area (Å²) in [5, 5.41) is 23.3. The summed E-state index contributed by atoms with van der Waals surface area (Å²) in [4.78, 5) is 12.6. The Kier molecular flexibility index (Phi) is 72.7.